The van der Waals surface area contributed by atoms with Gasteiger partial charge in [-0.25, -0.2) is 29.9 Å². The third-order valence-electron chi connectivity index (χ3n) is 18.0. The first kappa shape index (κ1) is 50.3. The highest BCUT2D eigenvalue weighted by molar-refractivity contribution is 6.11. The molecule has 10 aromatic carbocycles. The lowest BCUT2D eigenvalue weighted by atomic mass is 9.70. The Morgan fingerprint density at radius 1 is 0.270 bits per heavy atom. The van der Waals surface area contributed by atoms with E-state index in [0.717, 1.165) is 88.5 Å². The standard InChI is InChI=1S/C48H28N4.C32H21N5/c1-4-14-39-33(10-1)34-11-2-5-15-40(34)48(39)41-16-6-3-12-35(41)36-22-19-32(28-42(36)48)31-20-23-43-38(27-31)37-13-8-26-50-47(37)52(43)44-24-21-30-18-17-29-9-7-25-49-45(29)46(30)51-44;1-3-10-22(11-4-1)29-34-30(23-12-5-2-6-13-23)36-31(35-29)24-17-19-25(20-18-24)37-28-16-8-7-14-26(28)27-15-9-21-33-32(27)37/h1-28H;1-21H. The van der Waals surface area contributed by atoms with Crippen LogP contribution in [0.2, 0.25) is 0 Å². The molecule has 0 atom stereocenters. The molecule has 414 valence electrons. The van der Waals surface area contributed by atoms with Gasteiger partial charge in [0.2, 0.25) is 0 Å². The van der Waals surface area contributed by atoms with E-state index in [9.17, 15) is 0 Å². The predicted octanol–water partition coefficient (Wildman–Crippen LogP) is 18.7. The average Bonchev–Trinajstić information content (AvgIpc) is 1.67. The zero-order valence-corrected chi connectivity index (χ0v) is 47.8. The number of para-hydroxylation sites is 1. The van der Waals surface area contributed by atoms with Gasteiger partial charge < -0.3 is 0 Å². The van der Waals surface area contributed by atoms with E-state index >= 15 is 0 Å². The summed E-state index contributed by atoms with van der Waals surface area (Å²) in [6, 6.07) is 98.5. The van der Waals surface area contributed by atoms with Crippen LogP contribution in [0.1, 0.15) is 22.3 Å². The molecule has 89 heavy (non-hydrogen) atoms. The van der Waals surface area contributed by atoms with Crippen LogP contribution in [0, 0.1) is 0 Å². The normalized spacial score (nSPS) is 12.6. The summed E-state index contributed by atoms with van der Waals surface area (Å²) >= 11 is 0. The van der Waals surface area contributed by atoms with Crippen LogP contribution in [0.3, 0.4) is 0 Å². The number of hydrogen-bond acceptors (Lipinski definition) is 7. The van der Waals surface area contributed by atoms with Crippen LogP contribution in [0.15, 0.2) is 298 Å². The van der Waals surface area contributed by atoms with E-state index in [-0.39, 0.29) is 5.41 Å². The molecule has 9 nitrogen and oxygen atoms in total. The van der Waals surface area contributed by atoms with E-state index in [4.69, 9.17) is 34.9 Å². The Labute approximate surface area is 511 Å². The monoisotopic (exact) mass is 1140 g/mol. The number of hydrogen-bond donors (Lipinski definition) is 0. The third-order valence-corrected chi connectivity index (χ3v) is 18.0. The van der Waals surface area contributed by atoms with E-state index in [0.29, 0.717) is 17.5 Å². The summed E-state index contributed by atoms with van der Waals surface area (Å²) in [5, 5.41) is 6.71. The summed E-state index contributed by atoms with van der Waals surface area (Å²) < 4.78 is 4.39. The van der Waals surface area contributed by atoms with E-state index in [1.165, 1.54) is 61.0 Å². The van der Waals surface area contributed by atoms with Crippen LogP contribution < -0.4 is 0 Å². The Morgan fingerprint density at radius 2 is 0.730 bits per heavy atom. The molecule has 0 bridgehead atoms. The maximum Gasteiger partial charge on any atom is 0.164 e. The molecular weight excluding hydrogens is 1090 g/mol. The predicted molar refractivity (Wildman–Crippen MR) is 359 cm³/mol. The summed E-state index contributed by atoms with van der Waals surface area (Å²) in [6.45, 7) is 0. The van der Waals surface area contributed by atoms with Crippen molar-refractivity contribution in [3.63, 3.8) is 0 Å². The Balaban J connectivity index is 0.000000141. The van der Waals surface area contributed by atoms with Crippen molar-refractivity contribution < 1.29 is 0 Å². The minimum Gasteiger partial charge on any atom is -0.294 e. The van der Waals surface area contributed by atoms with E-state index in [1.807, 2.05) is 97.5 Å². The first-order valence-electron chi connectivity index (χ1n) is 29.9. The molecule has 0 aliphatic heterocycles. The average molecular weight is 1140 g/mol. The van der Waals surface area contributed by atoms with Crippen molar-refractivity contribution in [2.75, 3.05) is 0 Å². The first-order valence-corrected chi connectivity index (χ1v) is 29.9. The number of pyridine rings is 4. The highest BCUT2D eigenvalue weighted by atomic mass is 15.1. The molecule has 1 spiro atoms. The second-order valence-corrected chi connectivity index (χ2v) is 22.8. The lowest BCUT2D eigenvalue weighted by Gasteiger charge is -2.30. The second kappa shape index (κ2) is 20.0. The Kier molecular flexibility index (Phi) is 11.3. The number of aromatic nitrogens is 9. The number of rotatable bonds is 6. The topological polar surface area (TPSA) is 100 Å². The smallest absolute Gasteiger partial charge is 0.164 e. The van der Waals surface area contributed by atoms with Gasteiger partial charge in [0, 0.05) is 73.3 Å². The van der Waals surface area contributed by atoms with Crippen LogP contribution in [0.5, 0.6) is 0 Å². The molecule has 7 aromatic heterocycles. The summed E-state index contributed by atoms with van der Waals surface area (Å²) in [5.74, 6) is 2.77. The van der Waals surface area contributed by atoms with Crippen molar-refractivity contribution in [3.05, 3.63) is 320 Å². The van der Waals surface area contributed by atoms with Crippen molar-refractivity contribution in [1.29, 1.82) is 0 Å². The molecular formula is C80H49N9. The van der Waals surface area contributed by atoms with Gasteiger partial charge in [0.25, 0.3) is 0 Å². The van der Waals surface area contributed by atoms with E-state index < -0.39 is 0 Å². The Bertz CT molecular complexity index is 5520. The fourth-order valence-electron chi connectivity index (χ4n) is 14.1. The molecule has 0 N–H and O–H groups in total. The summed E-state index contributed by atoms with van der Waals surface area (Å²) in [4.78, 5) is 34.0. The van der Waals surface area contributed by atoms with Gasteiger partial charge in [-0.2, -0.15) is 0 Å². The fourth-order valence-corrected chi connectivity index (χ4v) is 14.1. The van der Waals surface area contributed by atoms with Crippen molar-refractivity contribution in [1.82, 2.24) is 44.0 Å². The zero-order valence-electron chi connectivity index (χ0n) is 47.8. The van der Waals surface area contributed by atoms with Gasteiger partial charge in [0.05, 0.1) is 27.5 Å². The van der Waals surface area contributed by atoms with Gasteiger partial charge >= 0.3 is 0 Å². The first-order chi connectivity index (χ1) is 44.1. The highest BCUT2D eigenvalue weighted by Crippen LogP contribution is 2.63. The van der Waals surface area contributed by atoms with E-state index in [2.05, 4.69) is 209 Å². The SMILES string of the molecule is c1ccc(-c2nc(-c3ccccc3)nc(-c3ccc(-n4c5ccccc5c5cccnc54)cc3)n2)cc1.c1ccc2c(c1)-c1ccccc1C21c2ccccc2-c2ccc(-c3ccc4c(c3)c3cccnc3n4-c3ccc4ccc5cccnc5c4n3)cc21. The van der Waals surface area contributed by atoms with Gasteiger partial charge in [-0.3, -0.25) is 14.1 Å². The zero-order chi connectivity index (χ0) is 58.6. The molecule has 2 aliphatic carbocycles. The maximum atomic E-state index is 5.22. The van der Waals surface area contributed by atoms with Crippen LogP contribution in [-0.2, 0) is 5.41 Å². The lowest BCUT2D eigenvalue weighted by molar-refractivity contribution is 0.794. The van der Waals surface area contributed by atoms with Gasteiger partial charge in [-0.15, -0.1) is 0 Å². The Hall–Kier alpha value is -12.1. The van der Waals surface area contributed by atoms with Crippen LogP contribution >= 0.6 is 0 Å². The molecule has 0 saturated carbocycles. The van der Waals surface area contributed by atoms with Crippen molar-refractivity contribution >= 4 is 65.7 Å². The van der Waals surface area contributed by atoms with Crippen LogP contribution in [0.25, 0.3) is 145 Å². The largest absolute Gasteiger partial charge is 0.294 e. The summed E-state index contributed by atoms with van der Waals surface area (Å²) in [6.07, 6.45) is 5.54. The van der Waals surface area contributed by atoms with Gasteiger partial charge in [-0.05, 0) is 147 Å². The number of fused-ring (bicyclic) bond motifs is 19. The molecule has 0 radical (unpaired) electrons. The molecule has 0 fully saturated rings. The molecule has 2 aliphatic rings. The second-order valence-electron chi connectivity index (χ2n) is 22.8. The van der Waals surface area contributed by atoms with Gasteiger partial charge in [-0.1, -0.05) is 188 Å². The maximum absolute atomic E-state index is 5.22. The molecule has 19 rings (SSSR count). The molecule has 17 aromatic rings. The quantitative estimate of drug-likeness (QED) is 0.153. The minimum absolute atomic E-state index is 0.375. The van der Waals surface area contributed by atoms with Gasteiger partial charge in [0.1, 0.15) is 17.1 Å². The van der Waals surface area contributed by atoms with Crippen molar-refractivity contribution in [2.24, 2.45) is 0 Å². The highest BCUT2D eigenvalue weighted by Gasteiger charge is 2.51. The molecule has 9 heteroatoms. The number of benzene rings is 10. The van der Waals surface area contributed by atoms with Crippen LogP contribution in [0.4, 0.5) is 0 Å². The van der Waals surface area contributed by atoms with Crippen molar-refractivity contribution in [3.8, 4) is 79.0 Å². The summed E-state index contributed by atoms with van der Waals surface area (Å²) in [7, 11) is 0. The molecule has 7 heterocycles. The molecule has 0 unspecified atom stereocenters. The number of nitrogens with zero attached hydrogens (tertiary/aromatic N) is 9. The van der Waals surface area contributed by atoms with E-state index in [1.54, 1.807) is 0 Å². The van der Waals surface area contributed by atoms with Crippen molar-refractivity contribution in [2.45, 2.75) is 5.41 Å². The fraction of sp³-hybridized carbons (Fsp3) is 0.0125. The Morgan fingerprint density at radius 3 is 1.38 bits per heavy atom. The lowest BCUT2D eigenvalue weighted by Crippen LogP contribution is -2.25. The molecule has 0 amide bonds. The molecule has 0 saturated heterocycles. The third kappa shape index (κ3) is 7.78. The van der Waals surface area contributed by atoms with Gasteiger partial charge in [0.15, 0.2) is 17.5 Å². The summed E-state index contributed by atoms with van der Waals surface area (Å²) in [5.41, 5.74) is 22.3. The minimum atomic E-state index is -0.375. The van der Waals surface area contributed by atoms with Crippen LogP contribution in [-0.4, -0.2) is 44.0 Å².